The molecule has 154 valence electrons. The van der Waals surface area contributed by atoms with Crippen LogP contribution in [-0.2, 0) is 16.0 Å². The summed E-state index contributed by atoms with van der Waals surface area (Å²) in [6, 6.07) is 24.1. The first-order valence-corrected chi connectivity index (χ1v) is 10.1. The molecule has 0 radical (unpaired) electrons. The summed E-state index contributed by atoms with van der Waals surface area (Å²) in [6.07, 6.45) is 0.829. The molecule has 3 N–H and O–H groups in total. The van der Waals surface area contributed by atoms with Gasteiger partial charge in [-0.2, -0.15) is 0 Å². The third-order valence-electron chi connectivity index (χ3n) is 4.85. The molecule has 0 unspecified atom stereocenters. The molecule has 5 heteroatoms. The maximum Gasteiger partial charge on any atom is 0.246 e. The Kier molecular flexibility index (Phi) is 7.35. The van der Waals surface area contributed by atoms with E-state index < -0.39 is 6.04 Å². The molecule has 0 heterocycles. The van der Waals surface area contributed by atoms with Crippen LogP contribution in [0.4, 0.5) is 11.4 Å². The average molecular weight is 402 g/mol. The van der Waals surface area contributed by atoms with Gasteiger partial charge in [0, 0.05) is 11.4 Å². The number of hydrogen-bond donors (Lipinski definition) is 3. The van der Waals surface area contributed by atoms with E-state index in [1.54, 1.807) is 0 Å². The lowest BCUT2D eigenvalue weighted by Crippen LogP contribution is -2.37. The van der Waals surface area contributed by atoms with E-state index in [0.29, 0.717) is 0 Å². The molecule has 0 aromatic heterocycles. The van der Waals surface area contributed by atoms with E-state index in [1.807, 2.05) is 92.7 Å². The highest BCUT2D eigenvalue weighted by molar-refractivity contribution is 5.97. The van der Waals surface area contributed by atoms with Gasteiger partial charge in [0.05, 0.1) is 6.54 Å². The highest BCUT2D eigenvalue weighted by atomic mass is 16.2. The van der Waals surface area contributed by atoms with Gasteiger partial charge in [-0.25, -0.2) is 0 Å². The van der Waals surface area contributed by atoms with Crippen LogP contribution in [0.25, 0.3) is 0 Å². The van der Waals surface area contributed by atoms with Crippen molar-refractivity contribution in [1.29, 1.82) is 0 Å². The molecule has 0 saturated heterocycles. The first-order valence-electron chi connectivity index (χ1n) is 10.1. The standard InChI is InChI=1S/C25H27N3O2/c1-3-19-9-7-8-12-22(19)28-23(29)17-26-24(20-10-5-4-6-11-20)25(30)27-21-15-13-18(2)14-16-21/h4-16,24,26H,3,17H2,1-2H3,(H,27,30)(H,28,29)/t24-/m0/s1. The van der Waals surface area contributed by atoms with Crippen LogP contribution in [-0.4, -0.2) is 18.4 Å². The van der Waals surface area contributed by atoms with Crippen LogP contribution in [0.3, 0.4) is 0 Å². The fourth-order valence-electron chi connectivity index (χ4n) is 3.20. The average Bonchev–Trinajstić information content (AvgIpc) is 2.76. The Morgan fingerprint density at radius 2 is 1.50 bits per heavy atom. The van der Waals surface area contributed by atoms with Crippen molar-refractivity contribution >= 4 is 23.2 Å². The van der Waals surface area contributed by atoms with E-state index in [9.17, 15) is 9.59 Å². The minimum Gasteiger partial charge on any atom is -0.325 e. The Hall–Kier alpha value is -3.44. The van der Waals surface area contributed by atoms with E-state index in [1.165, 1.54) is 0 Å². The maximum atomic E-state index is 13.0. The summed E-state index contributed by atoms with van der Waals surface area (Å²) in [5, 5.41) is 8.96. The van der Waals surface area contributed by atoms with Gasteiger partial charge in [-0.15, -0.1) is 0 Å². The SMILES string of the molecule is CCc1ccccc1NC(=O)CN[C@H](C(=O)Nc1ccc(C)cc1)c1ccccc1. The third kappa shape index (κ3) is 5.78. The van der Waals surface area contributed by atoms with E-state index in [0.717, 1.165) is 34.5 Å². The van der Waals surface area contributed by atoms with Crippen molar-refractivity contribution in [2.24, 2.45) is 0 Å². The summed E-state index contributed by atoms with van der Waals surface area (Å²) in [5.74, 6) is -0.410. The first-order chi connectivity index (χ1) is 14.6. The zero-order chi connectivity index (χ0) is 21.3. The van der Waals surface area contributed by atoms with E-state index >= 15 is 0 Å². The second kappa shape index (κ2) is 10.4. The van der Waals surface area contributed by atoms with Crippen LogP contribution in [0.2, 0.25) is 0 Å². The number of rotatable bonds is 8. The molecule has 2 amide bonds. The van der Waals surface area contributed by atoms with E-state index in [2.05, 4.69) is 16.0 Å². The predicted molar refractivity (Wildman–Crippen MR) is 121 cm³/mol. The van der Waals surface area contributed by atoms with Gasteiger partial charge in [0.25, 0.3) is 0 Å². The van der Waals surface area contributed by atoms with Crippen LogP contribution < -0.4 is 16.0 Å². The van der Waals surface area contributed by atoms with Crippen molar-refractivity contribution in [3.8, 4) is 0 Å². The van der Waals surface area contributed by atoms with Crippen molar-refractivity contribution in [2.75, 3.05) is 17.2 Å². The van der Waals surface area contributed by atoms with Crippen LogP contribution in [0.5, 0.6) is 0 Å². The molecule has 0 aliphatic heterocycles. The van der Waals surface area contributed by atoms with Crippen LogP contribution >= 0.6 is 0 Å². The summed E-state index contributed by atoms with van der Waals surface area (Å²) in [7, 11) is 0. The Balaban J connectivity index is 1.69. The number of para-hydroxylation sites is 1. The van der Waals surface area contributed by atoms with Crippen molar-refractivity contribution in [3.63, 3.8) is 0 Å². The number of carbonyl (C=O) groups is 2. The molecule has 0 aliphatic rings. The monoisotopic (exact) mass is 401 g/mol. The Bertz CT molecular complexity index is 985. The van der Waals surface area contributed by atoms with Gasteiger partial charge in [0.1, 0.15) is 6.04 Å². The maximum absolute atomic E-state index is 13.0. The van der Waals surface area contributed by atoms with E-state index in [4.69, 9.17) is 0 Å². The zero-order valence-electron chi connectivity index (χ0n) is 17.3. The van der Waals surface area contributed by atoms with Gasteiger partial charge in [-0.3, -0.25) is 14.9 Å². The van der Waals surface area contributed by atoms with Crippen molar-refractivity contribution in [2.45, 2.75) is 26.3 Å². The number of anilines is 2. The highest BCUT2D eigenvalue weighted by Crippen LogP contribution is 2.18. The molecule has 5 nitrogen and oxygen atoms in total. The molecule has 1 atom stereocenters. The molecule has 3 aromatic rings. The zero-order valence-corrected chi connectivity index (χ0v) is 17.3. The normalized spacial score (nSPS) is 11.5. The molecule has 3 rings (SSSR count). The fourth-order valence-corrected chi connectivity index (χ4v) is 3.20. The molecule has 0 saturated carbocycles. The summed E-state index contributed by atoms with van der Waals surface area (Å²) in [5.41, 5.74) is 4.50. The Labute approximate surface area is 177 Å². The summed E-state index contributed by atoms with van der Waals surface area (Å²) < 4.78 is 0. The largest absolute Gasteiger partial charge is 0.325 e. The minimum absolute atomic E-state index is 0.0128. The number of aryl methyl sites for hydroxylation is 2. The molecule has 0 fully saturated rings. The second-order valence-electron chi connectivity index (χ2n) is 7.14. The van der Waals surface area contributed by atoms with Gasteiger partial charge >= 0.3 is 0 Å². The molecule has 0 bridgehead atoms. The molecule has 3 aromatic carbocycles. The Morgan fingerprint density at radius 1 is 0.833 bits per heavy atom. The number of nitrogens with one attached hydrogen (secondary N) is 3. The second-order valence-corrected chi connectivity index (χ2v) is 7.14. The smallest absolute Gasteiger partial charge is 0.246 e. The number of hydrogen-bond acceptors (Lipinski definition) is 3. The third-order valence-corrected chi connectivity index (χ3v) is 4.85. The first kappa shape index (κ1) is 21.3. The van der Waals surface area contributed by atoms with Gasteiger partial charge in [0.2, 0.25) is 11.8 Å². The summed E-state index contributed by atoms with van der Waals surface area (Å²) >= 11 is 0. The molecule has 0 spiro atoms. The number of benzene rings is 3. The van der Waals surface area contributed by atoms with Gasteiger partial charge in [0.15, 0.2) is 0 Å². The quantitative estimate of drug-likeness (QED) is 0.522. The van der Waals surface area contributed by atoms with Gasteiger partial charge < -0.3 is 10.6 Å². The topological polar surface area (TPSA) is 70.2 Å². The van der Waals surface area contributed by atoms with Crippen LogP contribution in [0, 0.1) is 6.92 Å². The minimum atomic E-state index is -0.653. The number of amides is 2. The summed E-state index contributed by atoms with van der Waals surface area (Å²) in [6.45, 7) is 4.05. The van der Waals surface area contributed by atoms with Gasteiger partial charge in [-0.05, 0) is 42.7 Å². The lowest BCUT2D eigenvalue weighted by Gasteiger charge is -2.19. The molecule has 0 aliphatic carbocycles. The van der Waals surface area contributed by atoms with Gasteiger partial charge in [-0.1, -0.05) is 73.2 Å². The van der Waals surface area contributed by atoms with Crippen molar-refractivity contribution in [1.82, 2.24) is 5.32 Å². The number of carbonyl (C=O) groups excluding carboxylic acids is 2. The lowest BCUT2D eigenvalue weighted by atomic mass is 10.1. The van der Waals surface area contributed by atoms with Crippen molar-refractivity contribution < 1.29 is 9.59 Å². The fraction of sp³-hybridized carbons (Fsp3) is 0.200. The highest BCUT2D eigenvalue weighted by Gasteiger charge is 2.21. The van der Waals surface area contributed by atoms with E-state index in [-0.39, 0.29) is 18.4 Å². The van der Waals surface area contributed by atoms with Crippen LogP contribution in [0.15, 0.2) is 78.9 Å². The summed E-state index contributed by atoms with van der Waals surface area (Å²) in [4.78, 5) is 25.5. The van der Waals surface area contributed by atoms with Crippen molar-refractivity contribution in [3.05, 3.63) is 95.6 Å². The lowest BCUT2D eigenvalue weighted by molar-refractivity contribution is -0.119. The molecular formula is C25H27N3O2. The predicted octanol–water partition coefficient (Wildman–Crippen LogP) is 4.47. The Morgan fingerprint density at radius 3 is 2.20 bits per heavy atom. The molecule has 30 heavy (non-hydrogen) atoms. The molecular weight excluding hydrogens is 374 g/mol. The van der Waals surface area contributed by atoms with Crippen LogP contribution in [0.1, 0.15) is 29.7 Å².